The Hall–Kier alpha value is -2.05. The molecule has 1 heterocycles. The Bertz CT molecular complexity index is 527. The van der Waals surface area contributed by atoms with Crippen molar-refractivity contribution in [3.63, 3.8) is 0 Å². The smallest absolute Gasteiger partial charge is 0.383 e. The van der Waals surface area contributed by atoms with Gasteiger partial charge in [-0.05, 0) is 12.1 Å². The van der Waals surface area contributed by atoms with E-state index in [2.05, 4.69) is 14.7 Å². The van der Waals surface area contributed by atoms with Crippen LogP contribution in [0.3, 0.4) is 0 Å². The number of alkyl halides is 3. The van der Waals surface area contributed by atoms with Gasteiger partial charge in [-0.1, -0.05) is 12.1 Å². The van der Waals surface area contributed by atoms with Crippen molar-refractivity contribution in [2.75, 3.05) is 5.73 Å². The largest absolute Gasteiger partial charge is 0.575 e. The average Bonchev–Trinajstić information content (AvgIpc) is 2.15. The summed E-state index contributed by atoms with van der Waals surface area (Å²) in [6.07, 6.45) is -4.82. The van der Waals surface area contributed by atoms with E-state index in [0.29, 0.717) is 10.9 Å². The van der Waals surface area contributed by atoms with Crippen LogP contribution in [0.1, 0.15) is 0 Å². The van der Waals surface area contributed by atoms with Crippen LogP contribution in [0.5, 0.6) is 6.01 Å². The summed E-state index contributed by atoms with van der Waals surface area (Å²) in [6.45, 7) is 0. The molecule has 7 heteroatoms. The normalized spacial score (nSPS) is 11.7. The Morgan fingerprint density at radius 3 is 2.50 bits per heavy atom. The van der Waals surface area contributed by atoms with Crippen LogP contribution >= 0.6 is 0 Å². The molecule has 4 nitrogen and oxygen atoms in total. The lowest BCUT2D eigenvalue weighted by atomic mass is 10.2. The molecule has 0 aliphatic carbocycles. The van der Waals surface area contributed by atoms with Crippen molar-refractivity contribution >= 4 is 16.7 Å². The van der Waals surface area contributed by atoms with Crippen LogP contribution in [0.15, 0.2) is 24.3 Å². The summed E-state index contributed by atoms with van der Waals surface area (Å²) in [7, 11) is 0. The summed E-state index contributed by atoms with van der Waals surface area (Å²) in [6, 6.07) is 5.65. The molecule has 0 aliphatic heterocycles. The molecule has 0 amide bonds. The molecule has 2 rings (SSSR count). The monoisotopic (exact) mass is 229 g/mol. The van der Waals surface area contributed by atoms with E-state index in [4.69, 9.17) is 5.73 Å². The van der Waals surface area contributed by atoms with Gasteiger partial charge in [0, 0.05) is 5.39 Å². The predicted octanol–water partition coefficient (Wildman–Crippen LogP) is 2.11. The zero-order valence-electron chi connectivity index (χ0n) is 7.82. The van der Waals surface area contributed by atoms with Gasteiger partial charge < -0.3 is 10.5 Å². The third-order valence-electron chi connectivity index (χ3n) is 1.82. The molecule has 0 spiro atoms. The van der Waals surface area contributed by atoms with E-state index in [9.17, 15) is 13.2 Å². The van der Waals surface area contributed by atoms with Crippen molar-refractivity contribution in [2.24, 2.45) is 0 Å². The van der Waals surface area contributed by atoms with Crippen molar-refractivity contribution in [3.05, 3.63) is 24.3 Å². The lowest BCUT2D eigenvalue weighted by Gasteiger charge is -2.08. The standard InChI is InChI=1S/C9H6F3N3O/c10-9(11,12)16-8-14-6-4-2-1-3-5(6)7(13)15-8/h1-4H,(H2,13,14,15). The molecule has 2 N–H and O–H groups in total. The number of para-hydroxylation sites is 1. The topological polar surface area (TPSA) is 61.0 Å². The Morgan fingerprint density at radius 1 is 1.12 bits per heavy atom. The summed E-state index contributed by atoms with van der Waals surface area (Å²) in [4.78, 5) is 7.00. The van der Waals surface area contributed by atoms with Gasteiger partial charge in [-0.3, -0.25) is 0 Å². The van der Waals surface area contributed by atoms with Crippen molar-refractivity contribution in [1.82, 2.24) is 9.97 Å². The second kappa shape index (κ2) is 3.51. The number of anilines is 1. The maximum atomic E-state index is 11.9. The van der Waals surface area contributed by atoms with E-state index < -0.39 is 12.4 Å². The number of benzene rings is 1. The van der Waals surface area contributed by atoms with E-state index in [1.807, 2.05) is 0 Å². The van der Waals surface area contributed by atoms with E-state index in [1.165, 1.54) is 6.07 Å². The molecule has 0 fully saturated rings. The minimum absolute atomic E-state index is 0.0511. The van der Waals surface area contributed by atoms with E-state index >= 15 is 0 Å². The van der Waals surface area contributed by atoms with Crippen LogP contribution < -0.4 is 10.5 Å². The number of hydrogen-bond acceptors (Lipinski definition) is 4. The molecule has 1 aromatic heterocycles. The van der Waals surface area contributed by atoms with E-state index in [0.717, 1.165) is 0 Å². The Labute approximate surface area is 87.9 Å². The average molecular weight is 229 g/mol. The molecule has 0 saturated heterocycles. The maximum Gasteiger partial charge on any atom is 0.575 e. The maximum absolute atomic E-state index is 11.9. The molecule has 0 radical (unpaired) electrons. The minimum Gasteiger partial charge on any atom is -0.383 e. The zero-order chi connectivity index (χ0) is 11.8. The van der Waals surface area contributed by atoms with E-state index in [1.54, 1.807) is 18.2 Å². The lowest BCUT2D eigenvalue weighted by Crippen LogP contribution is -2.19. The first kappa shape index (κ1) is 10.5. The molecule has 0 bridgehead atoms. The molecule has 84 valence electrons. The molecular weight excluding hydrogens is 223 g/mol. The highest BCUT2D eigenvalue weighted by Crippen LogP contribution is 2.24. The first-order chi connectivity index (χ1) is 7.46. The Morgan fingerprint density at radius 2 is 1.81 bits per heavy atom. The fourth-order valence-corrected chi connectivity index (χ4v) is 1.23. The molecule has 1 aromatic carbocycles. The fourth-order valence-electron chi connectivity index (χ4n) is 1.23. The van der Waals surface area contributed by atoms with Crippen LogP contribution in [-0.4, -0.2) is 16.3 Å². The van der Waals surface area contributed by atoms with Crippen molar-refractivity contribution in [3.8, 4) is 6.01 Å². The Balaban J connectivity index is 2.50. The zero-order valence-corrected chi connectivity index (χ0v) is 7.82. The third kappa shape index (κ3) is 2.13. The summed E-state index contributed by atoms with van der Waals surface area (Å²) in [5, 5.41) is 0.483. The quantitative estimate of drug-likeness (QED) is 0.813. The summed E-state index contributed by atoms with van der Waals surface area (Å²) < 4.78 is 39.4. The van der Waals surface area contributed by atoms with Crippen molar-refractivity contribution in [1.29, 1.82) is 0 Å². The molecule has 0 atom stereocenters. The van der Waals surface area contributed by atoms with Gasteiger partial charge in [0.2, 0.25) is 0 Å². The highest BCUT2D eigenvalue weighted by molar-refractivity contribution is 5.88. The molecule has 2 aromatic rings. The molecule has 16 heavy (non-hydrogen) atoms. The SMILES string of the molecule is Nc1nc(OC(F)(F)F)nc2ccccc12. The number of rotatable bonds is 1. The lowest BCUT2D eigenvalue weighted by molar-refractivity contribution is -0.277. The number of aromatic nitrogens is 2. The predicted molar refractivity (Wildman–Crippen MR) is 50.6 cm³/mol. The van der Waals surface area contributed by atoms with Crippen LogP contribution in [0.25, 0.3) is 10.9 Å². The second-order valence-corrected chi connectivity index (χ2v) is 2.96. The van der Waals surface area contributed by atoms with Crippen LogP contribution in [0.2, 0.25) is 0 Å². The van der Waals surface area contributed by atoms with E-state index in [-0.39, 0.29) is 5.82 Å². The second-order valence-electron chi connectivity index (χ2n) is 2.96. The highest BCUT2D eigenvalue weighted by Gasteiger charge is 2.32. The molecule has 0 saturated carbocycles. The van der Waals surface area contributed by atoms with Crippen LogP contribution in [0.4, 0.5) is 19.0 Å². The fraction of sp³-hybridized carbons (Fsp3) is 0.111. The number of nitrogens with zero attached hydrogens (tertiary/aromatic N) is 2. The van der Waals surface area contributed by atoms with Crippen LogP contribution in [0, 0.1) is 0 Å². The summed E-state index contributed by atoms with van der Waals surface area (Å²) in [5.74, 6) is -0.0511. The Kier molecular flexibility index (Phi) is 2.30. The first-order valence-corrected chi connectivity index (χ1v) is 4.24. The van der Waals surface area contributed by atoms with Gasteiger partial charge in [-0.25, -0.2) is 0 Å². The summed E-state index contributed by atoms with van der Waals surface area (Å²) in [5.41, 5.74) is 5.78. The third-order valence-corrected chi connectivity index (χ3v) is 1.82. The van der Waals surface area contributed by atoms with Gasteiger partial charge >= 0.3 is 12.4 Å². The highest BCUT2D eigenvalue weighted by atomic mass is 19.4. The number of fused-ring (bicyclic) bond motifs is 1. The number of halogens is 3. The molecule has 0 unspecified atom stereocenters. The molecule has 0 aliphatic rings. The summed E-state index contributed by atoms with van der Waals surface area (Å²) >= 11 is 0. The number of hydrogen-bond donors (Lipinski definition) is 1. The minimum atomic E-state index is -4.82. The number of nitrogens with two attached hydrogens (primary N) is 1. The van der Waals surface area contributed by atoms with Crippen molar-refractivity contribution < 1.29 is 17.9 Å². The van der Waals surface area contributed by atoms with Gasteiger partial charge in [0.15, 0.2) is 0 Å². The number of nitrogen functional groups attached to an aromatic ring is 1. The molecular formula is C9H6F3N3O. The van der Waals surface area contributed by atoms with Gasteiger partial charge in [0.25, 0.3) is 0 Å². The van der Waals surface area contributed by atoms with Gasteiger partial charge in [0.1, 0.15) is 5.82 Å². The van der Waals surface area contributed by atoms with Gasteiger partial charge in [-0.15, -0.1) is 13.2 Å². The van der Waals surface area contributed by atoms with Crippen molar-refractivity contribution in [2.45, 2.75) is 6.36 Å². The van der Waals surface area contributed by atoms with Crippen LogP contribution in [-0.2, 0) is 0 Å². The number of ether oxygens (including phenoxy) is 1. The van der Waals surface area contributed by atoms with Gasteiger partial charge in [0.05, 0.1) is 5.52 Å². The van der Waals surface area contributed by atoms with Gasteiger partial charge in [-0.2, -0.15) is 9.97 Å². The first-order valence-electron chi connectivity index (χ1n) is 4.24.